The van der Waals surface area contributed by atoms with Crippen LogP contribution in [0.5, 0.6) is 0 Å². The van der Waals surface area contributed by atoms with E-state index in [4.69, 9.17) is 4.89 Å². The molecule has 7 heteroatoms. The summed E-state index contributed by atoms with van der Waals surface area (Å²) < 4.78 is 17.9. The van der Waals surface area contributed by atoms with Gasteiger partial charge in [0.2, 0.25) is 0 Å². The van der Waals surface area contributed by atoms with Crippen molar-refractivity contribution in [3.05, 3.63) is 0 Å². The Hall–Kier alpha value is 1.33. The van der Waals surface area contributed by atoms with Gasteiger partial charge in [-0.15, -0.1) is 0 Å². The zero-order chi connectivity index (χ0) is 6.62. The van der Waals surface area contributed by atoms with E-state index in [1.54, 1.807) is 6.92 Å². The first kappa shape index (κ1) is 13.0. The zero-order valence-electron chi connectivity index (χ0n) is 7.11. The minimum atomic E-state index is -3.90. The number of phosphoric acid groups is 1. The first-order chi connectivity index (χ1) is 3.62. The number of rotatable bonds is 3. The quantitative estimate of drug-likeness (QED) is 0.361. The third-order valence-electron chi connectivity index (χ3n) is 0.425. The monoisotopic (exact) mass is 183 g/mol. The fourth-order valence-electron chi connectivity index (χ4n) is 0.194. The Morgan fingerprint density at radius 1 is 1.89 bits per heavy atom. The van der Waals surface area contributed by atoms with Gasteiger partial charge < -0.3 is 7.75 Å². The number of hydrogen-bond acceptors (Lipinski definition) is 4. The average Bonchev–Trinajstić information content (AvgIpc) is 1.67. The van der Waals surface area contributed by atoms with E-state index in [1.165, 1.54) is 0 Å². The molecule has 5 nitrogen and oxygen atoms in total. The number of hydrogen-bond donors (Lipinski definition) is 2. The topological polar surface area (TPSA) is 81.8 Å². The molecule has 0 aromatic carbocycles. The summed E-state index contributed by atoms with van der Waals surface area (Å²) in [4.78, 5) is 8.31. The fraction of sp³-hybridized carbons (Fsp3) is 1.00. The van der Waals surface area contributed by atoms with Crippen molar-refractivity contribution in [2.24, 2.45) is 5.90 Å². The minimum Gasteiger partial charge on any atom is -1.00 e. The van der Waals surface area contributed by atoms with Crippen LogP contribution in [-0.4, -0.2) is 49.2 Å². The summed E-state index contributed by atoms with van der Waals surface area (Å²) in [7, 11) is -3.90. The van der Waals surface area contributed by atoms with Crippen molar-refractivity contribution in [1.82, 2.24) is 0 Å². The molecule has 0 heterocycles. The van der Waals surface area contributed by atoms with Crippen LogP contribution in [0.15, 0.2) is 0 Å². The van der Waals surface area contributed by atoms with E-state index in [1.807, 2.05) is 0 Å². The third kappa shape index (κ3) is 7.22. The average molecular weight is 183 g/mol. The predicted octanol–water partition coefficient (Wildman–Crippen LogP) is -0.142. The molecule has 0 saturated carbocycles. The molecule has 9 heavy (non-hydrogen) atoms. The molecule has 0 saturated heterocycles. The maximum Gasteiger partial charge on any atom is 2.00 e. The van der Waals surface area contributed by atoms with E-state index in [-0.39, 0.29) is 47.2 Å². The summed E-state index contributed by atoms with van der Waals surface area (Å²) >= 11 is 0. The van der Waals surface area contributed by atoms with Gasteiger partial charge in [0.1, 0.15) is 0 Å². The van der Waals surface area contributed by atoms with Crippen LogP contribution in [0.25, 0.3) is 0 Å². The summed E-state index contributed by atoms with van der Waals surface area (Å²) in [5.41, 5.74) is 0. The molecule has 0 spiro atoms. The molecular formula is C2H10CaNO4P. The van der Waals surface area contributed by atoms with Crippen molar-refractivity contribution in [3.63, 3.8) is 0 Å². The van der Waals surface area contributed by atoms with E-state index in [0.717, 1.165) is 0 Å². The summed E-state index contributed by atoms with van der Waals surface area (Å²) in [6.07, 6.45) is 0. The standard InChI is InChI=1S/C2H8NO4P.Ca.2H/c1-2-6-8(4,5)7-3;;;/h2-3H2,1H3,(H,4,5);;;/q;+2;2*-1. The Labute approximate surface area is 86.1 Å². The Kier molecular flexibility index (Phi) is 8.74. The molecule has 3 N–H and O–H groups in total. The smallest absolute Gasteiger partial charge is 1.00 e. The second-order valence-electron chi connectivity index (χ2n) is 0.992. The van der Waals surface area contributed by atoms with Crippen LogP contribution < -0.4 is 5.90 Å². The van der Waals surface area contributed by atoms with Gasteiger partial charge in [0, 0.05) is 0 Å². The number of nitrogens with two attached hydrogens (primary N) is 1. The summed E-state index contributed by atoms with van der Waals surface area (Å²) in [6, 6.07) is 0. The van der Waals surface area contributed by atoms with Crippen LogP contribution in [0.2, 0.25) is 0 Å². The predicted molar refractivity (Wildman–Crippen MR) is 34.7 cm³/mol. The Bertz CT molecular complexity index is 116. The summed E-state index contributed by atoms with van der Waals surface area (Å²) in [5, 5.41) is 0. The molecule has 0 rings (SSSR count). The normalized spacial score (nSPS) is 15.9. The molecule has 0 aliphatic carbocycles. The Morgan fingerprint density at radius 2 is 2.33 bits per heavy atom. The number of phosphoric ester groups is 1. The van der Waals surface area contributed by atoms with Gasteiger partial charge in [-0.1, -0.05) is 0 Å². The molecule has 0 amide bonds. The molecule has 0 aromatic rings. The van der Waals surface area contributed by atoms with Crippen molar-refractivity contribution in [1.29, 1.82) is 0 Å². The van der Waals surface area contributed by atoms with Crippen LogP contribution in [-0.2, 0) is 13.7 Å². The van der Waals surface area contributed by atoms with Gasteiger partial charge in [0.25, 0.3) is 0 Å². The molecule has 0 radical (unpaired) electrons. The van der Waals surface area contributed by atoms with E-state index in [0.29, 0.717) is 0 Å². The zero-order valence-corrected chi connectivity index (χ0v) is 8.21. The van der Waals surface area contributed by atoms with Crippen molar-refractivity contribution in [2.75, 3.05) is 6.61 Å². The van der Waals surface area contributed by atoms with Gasteiger partial charge in [0.05, 0.1) is 6.61 Å². The van der Waals surface area contributed by atoms with Crippen LogP contribution in [0.4, 0.5) is 0 Å². The molecule has 54 valence electrons. The minimum absolute atomic E-state index is 0. The SMILES string of the molecule is CCOP(=O)(O)ON.[Ca+2].[H-].[H-]. The molecule has 0 fully saturated rings. The molecule has 1 unspecified atom stereocenters. The third-order valence-corrected chi connectivity index (χ3v) is 1.28. The molecule has 1 atom stereocenters. The van der Waals surface area contributed by atoms with Gasteiger partial charge in [-0.3, -0.25) is 4.52 Å². The Balaban J connectivity index is -0.0000000817. The first-order valence-electron chi connectivity index (χ1n) is 1.98. The maximum absolute atomic E-state index is 10.2. The summed E-state index contributed by atoms with van der Waals surface area (Å²) in [5.74, 6) is 4.35. The second kappa shape index (κ2) is 6.07. The largest absolute Gasteiger partial charge is 2.00 e. The van der Waals surface area contributed by atoms with E-state index >= 15 is 0 Å². The fourth-order valence-corrected chi connectivity index (χ4v) is 0.581. The van der Waals surface area contributed by atoms with Gasteiger partial charge in [-0.25, -0.2) is 15.1 Å². The first-order valence-corrected chi connectivity index (χ1v) is 3.47. The van der Waals surface area contributed by atoms with Crippen LogP contribution in [0.1, 0.15) is 9.78 Å². The molecule has 0 aliphatic heterocycles. The Morgan fingerprint density at radius 3 is 2.44 bits per heavy atom. The van der Waals surface area contributed by atoms with E-state index < -0.39 is 7.82 Å². The van der Waals surface area contributed by atoms with E-state index in [2.05, 4.69) is 15.0 Å². The summed E-state index contributed by atoms with van der Waals surface area (Å²) in [6.45, 7) is 1.66. The van der Waals surface area contributed by atoms with Gasteiger partial charge >= 0.3 is 45.6 Å². The molecular weight excluding hydrogens is 173 g/mol. The van der Waals surface area contributed by atoms with Gasteiger partial charge in [-0.2, -0.15) is 0 Å². The van der Waals surface area contributed by atoms with Crippen LogP contribution in [0, 0.1) is 0 Å². The molecule has 0 aromatic heterocycles. The second-order valence-corrected chi connectivity index (χ2v) is 2.40. The van der Waals surface area contributed by atoms with Gasteiger partial charge in [-0.05, 0) is 6.92 Å². The van der Waals surface area contributed by atoms with Crippen molar-refractivity contribution in [3.8, 4) is 0 Å². The van der Waals surface area contributed by atoms with E-state index in [9.17, 15) is 4.57 Å². The molecule has 0 aliphatic rings. The maximum atomic E-state index is 10.2. The van der Waals surface area contributed by atoms with Gasteiger partial charge in [0.15, 0.2) is 0 Å². The molecule has 0 bridgehead atoms. The van der Waals surface area contributed by atoms with Crippen molar-refractivity contribution in [2.45, 2.75) is 6.92 Å². The van der Waals surface area contributed by atoms with Crippen molar-refractivity contribution < 1.29 is 21.5 Å². The van der Waals surface area contributed by atoms with Crippen molar-refractivity contribution >= 4 is 45.6 Å². The van der Waals surface area contributed by atoms with Crippen LogP contribution >= 0.6 is 7.82 Å². The van der Waals surface area contributed by atoms with Crippen LogP contribution in [0.3, 0.4) is 0 Å².